The third-order valence-corrected chi connectivity index (χ3v) is 2.49. The van der Waals surface area contributed by atoms with E-state index in [0.29, 0.717) is 24.3 Å². The van der Waals surface area contributed by atoms with Crippen LogP contribution in [0.1, 0.15) is 40.0 Å². The van der Waals surface area contributed by atoms with Crippen molar-refractivity contribution in [3.63, 3.8) is 0 Å². The van der Waals surface area contributed by atoms with Gasteiger partial charge in [-0.2, -0.15) is 0 Å². The van der Waals surface area contributed by atoms with Crippen LogP contribution in [0.25, 0.3) is 0 Å². The van der Waals surface area contributed by atoms with E-state index in [9.17, 15) is 9.59 Å². The zero-order chi connectivity index (χ0) is 10.0. The molecule has 0 saturated carbocycles. The summed E-state index contributed by atoms with van der Waals surface area (Å²) in [6.07, 6.45) is 1.87. The smallest absolute Gasteiger partial charge is 0.166 e. The average Bonchev–Trinajstić information content (AvgIpc) is 2.02. The molecule has 1 atom stereocenters. The van der Waals surface area contributed by atoms with E-state index in [2.05, 4.69) is 6.92 Å². The molecule has 2 heteroatoms. The molecule has 0 radical (unpaired) electrons. The van der Waals surface area contributed by atoms with Crippen molar-refractivity contribution in [3.05, 3.63) is 11.1 Å². The minimum atomic E-state index is 0.00870. The SMILES string of the molecule is CCC(=O)C1=C(C)CC(C)CC1=O. The summed E-state index contributed by atoms with van der Waals surface area (Å²) < 4.78 is 0. The molecular formula is C11H16O2. The summed E-state index contributed by atoms with van der Waals surface area (Å²) >= 11 is 0. The monoisotopic (exact) mass is 180 g/mol. The molecule has 0 aromatic heterocycles. The fourth-order valence-electron chi connectivity index (χ4n) is 1.92. The van der Waals surface area contributed by atoms with Crippen LogP contribution in [0.15, 0.2) is 11.1 Å². The first-order chi connectivity index (χ1) is 6.06. The lowest BCUT2D eigenvalue weighted by molar-refractivity contribution is -0.122. The maximum atomic E-state index is 11.5. The van der Waals surface area contributed by atoms with Crippen LogP contribution in [0.3, 0.4) is 0 Å². The fourth-order valence-corrected chi connectivity index (χ4v) is 1.92. The Hall–Kier alpha value is -0.920. The normalized spacial score (nSPS) is 23.6. The molecule has 13 heavy (non-hydrogen) atoms. The quantitative estimate of drug-likeness (QED) is 0.611. The summed E-state index contributed by atoms with van der Waals surface area (Å²) in [7, 11) is 0. The predicted octanol–water partition coefficient (Wildman–Crippen LogP) is 2.28. The lowest BCUT2D eigenvalue weighted by Crippen LogP contribution is -2.21. The molecule has 0 bridgehead atoms. The molecule has 0 aromatic rings. The van der Waals surface area contributed by atoms with Gasteiger partial charge in [-0.05, 0) is 19.3 Å². The average molecular weight is 180 g/mol. The van der Waals surface area contributed by atoms with Crippen LogP contribution in [0.2, 0.25) is 0 Å². The van der Waals surface area contributed by atoms with Crippen LogP contribution in [-0.2, 0) is 9.59 Å². The van der Waals surface area contributed by atoms with Crippen molar-refractivity contribution in [2.24, 2.45) is 5.92 Å². The Bertz CT molecular complexity index is 274. The van der Waals surface area contributed by atoms with E-state index >= 15 is 0 Å². The van der Waals surface area contributed by atoms with E-state index in [-0.39, 0.29) is 11.6 Å². The number of rotatable bonds is 2. The number of Topliss-reactive ketones (excluding diaryl/α,β-unsaturated/α-hetero) is 2. The Morgan fingerprint density at radius 3 is 2.54 bits per heavy atom. The summed E-state index contributed by atoms with van der Waals surface area (Å²) in [6.45, 7) is 5.75. The van der Waals surface area contributed by atoms with Gasteiger partial charge in [0, 0.05) is 12.8 Å². The summed E-state index contributed by atoms with van der Waals surface area (Å²) in [6, 6.07) is 0. The van der Waals surface area contributed by atoms with E-state index in [1.807, 2.05) is 6.92 Å². The van der Waals surface area contributed by atoms with Gasteiger partial charge in [-0.1, -0.05) is 19.4 Å². The topological polar surface area (TPSA) is 34.1 Å². The zero-order valence-electron chi connectivity index (χ0n) is 8.52. The Balaban J connectivity index is 2.98. The molecular weight excluding hydrogens is 164 g/mol. The van der Waals surface area contributed by atoms with Gasteiger partial charge in [0.1, 0.15) is 0 Å². The molecule has 72 valence electrons. The molecule has 0 amide bonds. The molecule has 1 aliphatic carbocycles. The van der Waals surface area contributed by atoms with Crippen LogP contribution in [-0.4, -0.2) is 11.6 Å². The molecule has 0 heterocycles. The van der Waals surface area contributed by atoms with E-state index in [1.54, 1.807) is 6.92 Å². The molecule has 1 unspecified atom stereocenters. The van der Waals surface area contributed by atoms with Crippen LogP contribution in [0, 0.1) is 5.92 Å². The van der Waals surface area contributed by atoms with Gasteiger partial charge in [-0.3, -0.25) is 9.59 Å². The molecule has 0 fully saturated rings. The molecule has 0 N–H and O–H groups in total. The van der Waals surface area contributed by atoms with Gasteiger partial charge in [-0.25, -0.2) is 0 Å². The van der Waals surface area contributed by atoms with Crippen molar-refractivity contribution in [1.29, 1.82) is 0 Å². The zero-order valence-corrected chi connectivity index (χ0v) is 8.52. The lowest BCUT2D eigenvalue weighted by Gasteiger charge is -2.20. The van der Waals surface area contributed by atoms with Gasteiger partial charge < -0.3 is 0 Å². The maximum Gasteiger partial charge on any atom is 0.166 e. The van der Waals surface area contributed by atoms with Crippen LogP contribution >= 0.6 is 0 Å². The number of hydrogen-bond donors (Lipinski definition) is 0. The highest BCUT2D eigenvalue weighted by Crippen LogP contribution is 2.27. The van der Waals surface area contributed by atoms with Crippen molar-refractivity contribution in [1.82, 2.24) is 0 Å². The number of allylic oxidation sites excluding steroid dienone is 2. The molecule has 0 aromatic carbocycles. The third-order valence-electron chi connectivity index (χ3n) is 2.49. The number of ketones is 2. The van der Waals surface area contributed by atoms with E-state index < -0.39 is 0 Å². The van der Waals surface area contributed by atoms with E-state index in [4.69, 9.17) is 0 Å². The maximum absolute atomic E-state index is 11.5. The molecule has 0 aliphatic heterocycles. The fraction of sp³-hybridized carbons (Fsp3) is 0.636. The van der Waals surface area contributed by atoms with Crippen LogP contribution in [0.4, 0.5) is 0 Å². The molecule has 1 rings (SSSR count). The Morgan fingerprint density at radius 1 is 1.46 bits per heavy atom. The summed E-state index contributed by atoms with van der Waals surface area (Å²) in [5.74, 6) is 0.457. The third kappa shape index (κ3) is 2.06. The highest BCUT2D eigenvalue weighted by Gasteiger charge is 2.26. The van der Waals surface area contributed by atoms with Gasteiger partial charge in [0.15, 0.2) is 11.6 Å². The van der Waals surface area contributed by atoms with E-state index in [0.717, 1.165) is 12.0 Å². The Labute approximate surface area is 79.0 Å². The molecule has 0 saturated heterocycles. The van der Waals surface area contributed by atoms with Crippen LogP contribution in [0.5, 0.6) is 0 Å². The minimum absolute atomic E-state index is 0.00870. The summed E-state index contributed by atoms with van der Waals surface area (Å²) in [4.78, 5) is 23.0. The second kappa shape index (κ2) is 3.86. The first-order valence-electron chi connectivity index (χ1n) is 4.82. The number of carbonyl (C=O) groups excluding carboxylic acids is 2. The highest BCUT2D eigenvalue weighted by molar-refractivity contribution is 6.21. The van der Waals surface area contributed by atoms with Crippen molar-refractivity contribution < 1.29 is 9.59 Å². The van der Waals surface area contributed by atoms with Crippen molar-refractivity contribution >= 4 is 11.6 Å². The Morgan fingerprint density at radius 2 is 2.08 bits per heavy atom. The molecule has 0 spiro atoms. The first kappa shape index (κ1) is 10.2. The Kier molecular flexibility index (Phi) is 3.02. The van der Waals surface area contributed by atoms with Crippen LogP contribution < -0.4 is 0 Å². The number of carbonyl (C=O) groups is 2. The van der Waals surface area contributed by atoms with Crippen molar-refractivity contribution in [2.75, 3.05) is 0 Å². The second-order valence-electron chi connectivity index (χ2n) is 3.87. The van der Waals surface area contributed by atoms with Crippen molar-refractivity contribution in [2.45, 2.75) is 40.0 Å². The summed E-state index contributed by atoms with van der Waals surface area (Å²) in [5.41, 5.74) is 1.47. The van der Waals surface area contributed by atoms with Crippen molar-refractivity contribution in [3.8, 4) is 0 Å². The number of hydrogen-bond acceptors (Lipinski definition) is 2. The summed E-state index contributed by atoms with van der Waals surface area (Å²) in [5, 5.41) is 0. The van der Waals surface area contributed by atoms with Gasteiger partial charge in [-0.15, -0.1) is 0 Å². The lowest BCUT2D eigenvalue weighted by atomic mass is 9.82. The standard InChI is InChI=1S/C11H16O2/c1-4-9(12)11-8(3)5-7(2)6-10(11)13/h7H,4-6H2,1-3H3. The van der Waals surface area contributed by atoms with Gasteiger partial charge in [0.2, 0.25) is 0 Å². The van der Waals surface area contributed by atoms with Gasteiger partial charge in [0.25, 0.3) is 0 Å². The largest absolute Gasteiger partial charge is 0.294 e. The van der Waals surface area contributed by atoms with Gasteiger partial charge in [0.05, 0.1) is 5.57 Å². The molecule has 1 aliphatic rings. The highest BCUT2D eigenvalue weighted by atomic mass is 16.1. The van der Waals surface area contributed by atoms with E-state index in [1.165, 1.54) is 0 Å². The second-order valence-corrected chi connectivity index (χ2v) is 3.87. The molecule has 2 nitrogen and oxygen atoms in total. The minimum Gasteiger partial charge on any atom is -0.294 e. The van der Waals surface area contributed by atoms with Gasteiger partial charge >= 0.3 is 0 Å². The predicted molar refractivity (Wildman–Crippen MR) is 51.4 cm³/mol. The first-order valence-corrected chi connectivity index (χ1v) is 4.82.